The van der Waals surface area contributed by atoms with Crippen molar-refractivity contribution in [1.29, 1.82) is 0 Å². The molecule has 0 amide bonds. The van der Waals surface area contributed by atoms with Crippen molar-refractivity contribution < 1.29 is 4.79 Å². The molecule has 0 radical (unpaired) electrons. The summed E-state index contributed by atoms with van der Waals surface area (Å²) in [6.45, 7) is 3.89. The molecule has 2 heteroatoms. The van der Waals surface area contributed by atoms with Gasteiger partial charge in [0.05, 0.1) is 0 Å². The van der Waals surface area contributed by atoms with Crippen LogP contribution in [0, 0.1) is 13.8 Å². The molecule has 0 atom stereocenters. The van der Waals surface area contributed by atoms with Gasteiger partial charge < -0.3 is 5.73 Å². The molecule has 2 nitrogen and oxygen atoms in total. The summed E-state index contributed by atoms with van der Waals surface area (Å²) in [5.74, 6) is -0.0186. The zero-order chi connectivity index (χ0) is 12.4. The van der Waals surface area contributed by atoms with Crippen LogP contribution in [0.1, 0.15) is 27.0 Å². The number of anilines is 1. The molecule has 2 aromatic carbocycles. The van der Waals surface area contributed by atoms with Gasteiger partial charge in [0.15, 0.2) is 5.78 Å². The summed E-state index contributed by atoms with van der Waals surface area (Å²) in [6, 6.07) is 13.0. The first-order valence-electron chi connectivity index (χ1n) is 5.56. The fourth-order valence-electron chi connectivity index (χ4n) is 1.91. The summed E-state index contributed by atoms with van der Waals surface area (Å²) < 4.78 is 0. The Labute approximate surface area is 101 Å². The molecule has 0 aliphatic carbocycles. The van der Waals surface area contributed by atoms with Gasteiger partial charge in [0.1, 0.15) is 0 Å². The van der Waals surface area contributed by atoms with Gasteiger partial charge in [0, 0.05) is 16.8 Å². The Morgan fingerprint density at radius 1 is 1.06 bits per heavy atom. The second kappa shape index (κ2) is 4.42. The summed E-state index contributed by atoms with van der Waals surface area (Å²) in [7, 11) is 0. The van der Waals surface area contributed by atoms with Crippen LogP contribution in [0.4, 0.5) is 5.69 Å². The second-order valence-corrected chi connectivity index (χ2v) is 4.24. The zero-order valence-corrected chi connectivity index (χ0v) is 10.0. The van der Waals surface area contributed by atoms with E-state index in [4.69, 9.17) is 5.73 Å². The Morgan fingerprint density at radius 3 is 2.35 bits per heavy atom. The van der Waals surface area contributed by atoms with E-state index in [9.17, 15) is 4.79 Å². The molecular formula is C15H15NO. The summed E-state index contributed by atoms with van der Waals surface area (Å²) in [5.41, 5.74) is 9.80. The van der Waals surface area contributed by atoms with E-state index in [1.165, 1.54) is 0 Å². The maximum absolute atomic E-state index is 12.3. The lowest BCUT2D eigenvalue weighted by atomic mass is 9.97. The van der Waals surface area contributed by atoms with E-state index >= 15 is 0 Å². The van der Waals surface area contributed by atoms with Gasteiger partial charge in [0.25, 0.3) is 0 Å². The molecule has 2 rings (SSSR count). The molecule has 0 fully saturated rings. The van der Waals surface area contributed by atoms with Crippen LogP contribution in [0.5, 0.6) is 0 Å². The molecule has 0 aliphatic heterocycles. The lowest BCUT2D eigenvalue weighted by molar-refractivity contribution is 0.103. The van der Waals surface area contributed by atoms with Crippen molar-refractivity contribution in [3.8, 4) is 0 Å². The molecule has 0 aromatic heterocycles. The van der Waals surface area contributed by atoms with Gasteiger partial charge in [-0.2, -0.15) is 0 Å². The smallest absolute Gasteiger partial charge is 0.195 e. The van der Waals surface area contributed by atoms with E-state index in [0.717, 1.165) is 11.1 Å². The normalized spacial score (nSPS) is 10.2. The fourth-order valence-corrected chi connectivity index (χ4v) is 1.91. The quantitative estimate of drug-likeness (QED) is 0.630. The topological polar surface area (TPSA) is 43.1 Å². The van der Waals surface area contributed by atoms with Crippen LogP contribution in [-0.2, 0) is 0 Å². The number of hydrogen-bond acceptors (Lipinski definition) is 2. The average molecular weight is 225 g/mol. The molecule has 0 spiro atoms. The largest absolute Gasteiger partial charge is 0.398 e. The van der Waals surface area contributed by atoms with Crippen LogP contribution in [-0.4, -0.2) is 5.78 Å². The predicted molar refractivity (Wildman–Crippen MR) is 70.2 cm³/mol. The van der Waals surface area contributed by atoms with Crippen molar-refractivity contribution in [3.05, 3.63) is 64.7 Å². The Hall–Kier alpha value is -2.09. The number of carbonyl (C=O) groups is 1. The van der Waals surface area contributed by atoms with Gasteiger partial charge in [0.2, 0.25) is 0 Å². The van der Waals surface area contributed by atoms with Crippen molar-refractivity contribution in [2.24, 2.45) is 0 Å². The summed E-state index contributed by atoms with van der Waals surface area (Å²) in [6.07, 6.45) is 0. The Bertz CT molecular complexity index is 559. The highest BCUT2D eigenvalue weighted by molar-refractivity contribution is 6.12. The van der Waals surface area contributed by atoms with Gasteiger partial charge in [-0.1, -0.05) is 36.4 Å². The van der Waals surface area contributed by atoms with Crippen LogP contribution < -0.4 is 5.73 Å². The molecule has 2 N–H and O–H groups in total. The Balaban J connectivity index is 2.52. The number of aryl methyl sites for hydroxylation is 2. The molecular weight excluding hydrogens is 210 g/mol. The summed E-state index contributed by atoms with van der Waals surface area (Å²) in [4.78, 5) is 12.3. The van der Waals surface area contributed by atoms with Gasteiger partial charge in [-0.15, -0.1) is 0 Å². The molecule has 0 heterocycles. The number of nitrogens with two attached hydrogens (primary N) is 1. The van der Waals surface area contributed by atoms with Gasteiger partial charge in [-0.05, 0) is 31.0 Å². The van der Waals surface area contributed by atoms with Crippen LogP contribution in [0.25, 0.3) is 0 Å². The van der Waals surface area contributed by atoms with E-state index in [1.807, 2.05) is 44.2 Å². The number of carbonyl (C=O) groups excluding carboxylic acids is 1. The summed E-state index contributed by atoms with van der Waals surface area (Å²) in [5, 5.41) is 0. The van der Waals surface area contributed by atoms with Crippen molar-refractivity contribution in [1.82, 2.24) is 0 Å². The minimum atomic E-state index is -0.0186. The predicted octanol–water partition coefficient (Wildman–Crippen LogP) is 3.12. The van der Waals surface area contributed by atoms with E-state index < -0.39 is 0 Å². The van der Waals surface area contributed by atoms with Crippen LogP contribution in [0.3, 0.4) is 0 Å². The minimum absolute atomic E-state index is 0.0186. The van der Waals surface area contributed by atoms with E-state index in [0.29, 0.717) is 16.8 Å². The van der Waals surface area contributed by atoms with Gasteiger partial charge >= 0.3 is 0 Å². The van der Waals surface area contributed by atoms with Crippen LogP contribution >= 0.6 is 0 Å². The summed E-state index contributed by atoms with van der Waals surface area (Å²) >= 11 is 0. The third-order valence-electron chi connectivity index (χ3n) is 2.81. The van der Waals surface area contributed by atoms with Crippen molar-refractivity contribution in [3.63, 3.8) is 0 Å². The molecule has 2 aromatic rings. The monoisotopic (exact) mass is 225 g/mol. The lowest BCUT2D eigenvalue weighted by Gasteiger charge is -2.09. The molecule has 0 saturated carbocycles. The molecule has 0 aliphatic rings. The van der Waals surface area contributed by atoms with E-state index in [-0.39, 0.29) is 5.78 Å². The van der Waals surface area contributed by atoms with Crippen molar-refractivity contribution >= 4 is 11.5 Å². The molecule has 17 heavy (non-hydrogen) atoms. The number of rotatable bonds is 2. The number of benzene rings is 2. The zero-order valence-electron chi connectivity index (χ0n) is 10.0. The van der Waals surface area contributed by atoms with Crippen LogP contribution in [0.15, 0.2) is 42.5 Å². The molecule has 86 valence electrons. The number of ketones is 1. The maximum Gasteiger partial charge on any atom is 0.195 e. The maximum atomic E-state index is 12.3. The highest BCUT2D eigenvalue weighted by Crippen LogP contribution is 2.22. The SMILES string of the molecule is Cc1cc(C)c(N)c(C(=O)c2ccccc2)c1. The fraction of sp³-hybridized carbons (Fsp3) is 0.133. The second-order valence-electron chi connectivity index (χ2n) is 4.24. The number of hydrogen-bond donors (Lipinski definition) is 1. The molecule has 0 saturated heterocycles. The van der Waals surface area contributed by atoms with Crippen molar-refractivity contribution in [2.75, 3.05) is 5.73 Å². The standard InChI is InChI=1S/C15H15NO/c1-10-8-11(2)14(16)13(9-10)15(17)12-6-4-3-5-7-12/h3-9H,16H2,1-2H3. The minimum Gasteiger partial charge on any atom is -0.398 e. The highest BCUT2D eigenvalue weighted by atomic mass is 16.1. The first-order valence-corrected chi connectivity index (χ1v) is 5.56. The van der Waals surface area contributed by atoms with E-state index in [2.05, 4.69) is 0 Å². The third-order valence-corrected chi connectivity index (χ3v) is 2.81. The van der Waals surface area contributed by atoms with Crippen LogP contribution in [0.2, 0.25) is 0 Å². The van der Waals surface area contributed by atoms with E-state index in [1.54, 1.807) is 12.1 Å². The Morgan fingerprint density at radius 2 is 1.71 bits per heavy atom. The molecule has 0 unspecified atom stereocenters. The average Bonchev–Trinajstić information content (AvgIpc) is 2.34. The number of nitrogen functional groups attached to an aromatic ring is 1. The first-order chi connectivity index (χ1) is 8.09. The molecule has 0 bridgehead atoms. The first kappa shape index (κ1) is 11.4. The van der Waals surface area contributed by atoms with Gasteiger partial charge in [-0.3, -0.25) is 4.79 Å². The van der Waals surface area contributed by atoms with Gasteiger partial charge in [-0.25, -0.2) is 0 Å². The Kier molecular flexibility index (Phi) is 2.96. The highest BCUT2D eigenvalue weighted by Gasteiger charge is 2.13. The van der Waals surface area contributed by atoms with Crippen molar-refractivity contribution in [2.45, 2.75) is 13.8 Å². The third kappa shape index (κ3) is 2.21. The lowest BCUT2D eigenvalue weighted by Crippen LogP contribution is -2.07.